The molecule has 2 aromatic heterocycles. The highest BCUT2D eigenvalue weighted by atomic mass is 19.4. The van der Waals surface area contributed by atoms with Crippen molar-refractivity contribution < 1.29 is 27.5 Å². The van der Waals surface area contributed by atoms with Crippen LogP contribution in [-0.2, 0) is 18.4 Å². The van der Waals surface area contributed by atoms with Gasteiger partial charge >= 0.3 is 6.18 Å². The van der Waals surface area contributed by atoms with Crippen LogP contribution >= 0.6 is 0 Å². The lowest BCUT2D eigenvalue weighted by Gasteiger charge is -2.35. The SMILES string of the molecule is N#Cc1ccc(-n2nc3c(c2C(=O)NCC2(C#N)CC2)C(=O)N[C@@]2(CCc4cc(OCC(F)(F)F)ccc42)C3)nc1. The number of hydrogen-bond donors (Lipinski definition) is 2. The summed E-state index contributed by atoms with van der Waals surface area (Å²) in [5, 5.41) is 29.0. The highest BCUT2D eigenvalue weighted by Gasteiger charge is 2.48. The molecule has 0 bridgehead atoms. The van der Waals surface area contributed by atoms with Gasteiger partial charge in [-0.1, -0.05) is 6.07 Å². The van der Waals surface area contributed by atoms with Gasteiger partial charge in [-0.3, -0.25) is 9.59 Å². The van der Waals surface area contributed by atoms with Crippen molar-refractivity contribution in [3.05, 3.63) is 70.2 Å². The number of ether oxygens (including phenoxy) is 1. The van der Waals surface area contributed by atoms with Crippen LogP contribution in [0.2, 0.25) is 0 Å². The zero-order chi connectivity index (χ0) is 29.0. The third-order valence-electron chi connectivity index (χ3n) is 7.81. The number of nitrogens with zero attached hydrogens (tertiary/aromatic N) is 5. The number of halogens is 3. The van der Waals surface area contributed by atoms with Gasteiger partial charge in [0.25, 0.3) is 11.8 Å². The molecule has 1 aromatic carbocycles. The number of nitriles is 2. The first-order valence-corrected chi connectivity index (χ1v) is 12.9. The Balaban J connectivity index is 1.36. The Morgan fingerprint density at radius 2 is 2.00 bits per heavy atom. The van der Waals surface area contributed by atoms with E-state index in [1.54, 1.807) is 12.1 Å². The lowest BCUT2D eigenvalue weighted by Crippen LogP contribution is -2.50. The Labute approximate surface area is 231 Å². The normalized spacial score (nSPS) is 19.9. The minimum atomic E-state index is -4.46. The summed E-state index contributed by atoms with van der Waals surface area (Å²) in [6.07, 6.45) is -0.586. The van der Waals surface area contributed by atoms with E-state index in [1.807, 2.05) is 6.07 Å². The second kappa shape index (κ2) is 9.34. The number of carbonyl (C=O) groups excluding carboxylic acids is 2. The maximum absolute atomic E-state index is 13.7. The minimum absolute atomic E-state index is 0.0348. The van der Waals surface area contributed by atoms with Gasteiger partial charge in [0.2, 0.25) is 0 Å². The van der Waals surface area contributed by atoms with Gasteiger partial charge in [0.05, 0.1) is 33.8 Å². The first kappa shape index (κ1) is 26.3. The van der Waals surface area contributed by atoms with Gasteiger partial charge in [0.1, 0.15) is 17.5 Å². The molecule has 208 valence electrons. The van der Waals surface area contributed by atoms with E-state index in [0.717, 1.165) is 11.1 Å². The molecule has 0 unspecified atom stereocenters. The van der Waals surface area contributed by atoms with Crippen molar-refractivity contribution in [3.63, 3.8) is 0 Å². The second-order valence-corrected chi connectivity index (χ2v) is 10.6. The van der Waals surface area contributed by atoms with Gasteiger partial charge < -0.3 is 15.4 Å². The Bertz CT molecular complexity index is 1660. The van der Waals surface area contributed by atoms with E-state index in [2.05, 4.69) is 26.8 Å². The number of aromatic nitrogens is 3. The van der Waals surface area contributed by atoms with Crippen molar-refractivity contribution in [2.45, 2.75) is 43.8 Å². The van der Waals surface area contributed by atoms with Crippen molar-refractivity contribution in [1.29, 1.82) is 10.5 Å². The van der Waals surface area contributed by atoms with E-state index in [-0.39, 0.29) is 35.8 Å². The molecule has 2 N–H and O–H groups in total. The smallest absolute Gasteiger partial charge is 0.422 e. The molecule has 10 nitrogen and oxygen atoms in total. The van der Waals surface area contributed by atoms with Crippen molar-refractivity contribution in [1.82, 2.24) is 25.4 Å². The van der Waals surface area contributed by atoms with Gasteiger partial charge in [0, 0.05) is 19.2 Å². The van der Waals surface area contributed by atoms with Crippen molar-refractivity contribution in [3.8, 4) is 23.7 Å². The van der Waals surface area contributed by atoms with Gasteiger partial charge in [-0.15, -0.1) is 0 Å². The van der Waals surface area contributed by atoms with E-state index >= 15 is 0 Å². The largest absolute Gasteiger partial charge is 0.484 e. The van der Waals surface area contributed by atoms with Crippen molar-refractivity contribution >= 4 is 11.8 Å². The summed E-state index contributed by atoms with van der Waals surface area (Å²) < 4.78 is 44.0. The number of hydrogen-bond acceptors (Lipinski definition) is 7. The fourth-order valence-corrected chi connectivity index (χ4v) is 5.50. The third-order valence-corrected chi connectivity index (χ3v) is 7.81. The molecule has 41 heavy (non-hydrogen) atoms. The molecule has 6 rings (SSSR count). The molecule has 0 saturated heterocycles. The molecular weight excluding hydrogens is 539 g/mol. The molecule has 3 heterocycles. The van der Waals surface area contributed by atoms with Crippen molar-refractivity contribution in [2.24, 2.45) is 5.41 Å². The molecule has 3 aliphatic rings. The van der Waals surface area contributed by atoms with E-state index in [1.165, 1.54) is 29.1 Å². The Morgan fingerprint density at radius 3 is 2.66 bits per heavy atom. The highest BCUT2D eigenvalue weighted by Crippen LogP contribution is 2.45. The summed E-state index contributed by atoms with van der Waals surface area (Å²) in [5.41, 5.74) is 0.730. The first-order chi connectivity index (χ1) is 19.6. The van der Waals surface area contributed by atoms with E-state index in [0.29, 0.717) is 36.9 Å². The van der Waals surface area contributed by atoms with Crippen LogP contribution in [-0.4, -0.2) is 45.9 Å². The van der Waals surface area contributed by atoms with Crippen LogP contribution in [0.5, 0.6) is 5.75 Å². The highest BCUT2D eigenvalue weighted by molar-refractivity contribution is 6.08. The molecule has 2 aliphatic carbocycles. The lowest BCUT2D eigenvalue weighted by molar-refractivity contribution is -0.153. The summed E-state index contributed by atoms with van der Waals surface area (Å²) in [6, 6.07) is 11.9. The zero-order valence-corrected chi connectivity index (χ0v) is 21.5. The summed E-state index contributed by atoms with van der Waals surface area (Å²) in [7, 11) is 0. The second-order valence-electron chi connectivity index (χ2n) is 10.6. The maximum Gasteiger partial charge on any atom is 0.422 e. The lowest BCUT2D eigenvalue weighted by atomic mass is 9.82. The number of rotatable bonds is 6. The van der Waals surface area contributed by atoms with Crippen LogP contribution in [0.3, 0.4) is 0 Å². The summed E-state index contributed by atoms with van der Waals surface area (Å²) in [4.78, 5) is 31.4. The van der Waals surface area contributed by atoms with E-state index in [9.17, 15) is 28.0 Å². The van der Waals surface area contributed by atoms with E-state index in [4.69, 9.17) is 10.00 Å². The standard InChI is InChI=1S/C28H22F3N7O3/c29-28(30,31)15-41-18-2-3-19-17(9-18)5-6-27(19)10-20-22(24(39)36-27)23(25(40)35-14-26(13-33)7-8-26)38(37-20)21-4-1-16(11-32)12-34-21/h1-4,9,12H,5-8,10,14-15H2,(H,35,40)(H,36,39)/t27-/m0/s1. The van der Waals surface area contributed by atoms with Gasteiger partial charge in [-0.25, -0.2) is 9.67 Å². The predicted molar refractivity (Wildman–Crippen MR) is 135 cm³/mol. The zero-order valence-electron chi connectivity index (χ0n) is 21.5. The number of fused-ring (bicyclic) bond motifs is 3. The molecule has 1 saturated carbocycles. The molecule has 1 aliphatic heterocycles. The average Bonchev–Trinajstić information content (AvgIpc) is 3.53. The molecule has 13 heteroatoms. The van der Waals surface area contributed by atoms with Crippen LogP contribution in [0.4, 0.5) is 13.2 Å². The number of carbonyl (C=O) groups is 2. The number of nitrogens with one attached hydrogen (secondary N) is 2. The summed E-state index contributed by atoms with van der Waals surface area (Å²) >= 11 is 0. The van der Waals surface area contributed by atoms with Crippen LogP contribution in [0.1, 0.15) is 62.5 Å². The molecule has 2 amide bonds. The quantitative estimate of drug-likeness (QED) is 0.470. The Morgan fingerprint density at radius 1 is 1.20 bits per heavy atom. The number of alkyl halides is 3. The average molecular weight is 562 g/mol. The molecule has 1 fully saturated rings. The molecule has 0 radical (unpaired) electrons. The van der Waals surface area contributed by atoms with Crippen molar-refractivity contribution in [2.75, 3.05) is 13.2 Å². The van der Waals surface area contributed by atoms with Gasteiger partial charge in [-0.2, -0.15) is 28.8 Å². The molecule has 3 aromatic rings. The fourth-order valence-electron chi connectivity index (χ4n) is 5.50. The Kier molecular flexibility index (Phi) is 5.99. The van der Waals surface area contributed by atoms with Gasteiger partial charge in [0.15, 0.2) is 12.4 Å². The van der Waals surface area contributed by atoms with Crippen LogP contribution in [0.25, 0.3) is 5.82 Å². The first-order valence-electron chi connectivity index (χ1n) is 12.9. The van der Waals surface area contributed by atoms with Crippen LogP contribution in [0.15, 0.2) is 36.5 Å². The topological polar surface area (TPSA) is 146 Å². The monoisotopic (exact) mass is 561 g/mol. The number of pyridine rings is 1. The number of benzene rings is 1. The van der Waals surface area contributed by atoms with E-state index < -0.39 is 35.6 Å². The van der Waals surface area contributed by atoms with Crippen LogP contribution < -0.4 is 15.4 Å². The predicted octanol–water partition coefficient (Wildman–Crippen LogP) is 3.24. The molecule has 1 atom stereocenters. The molecule has 1 spiro atoms. The minimum Gasteiger partial charge on any atom is -0.484 e. The number of amides is 2. The van der Waals surface area contributed by atoms with Crippen LogP contribution in [0, 0.1) is 28.1 Å². The summed E-state index contributed by atoms with van der Waals surface area (Å²) in [6.45, 7) is -1.28. The maximum atomic E-state index is 13.7. The number of aryl methyl sites for hydroxylation is 1. The van der Waals surface area contributed by atoms with Gasteiger partial charge in [-0.05, 0) is 61.1 Å². The summed E-state index contributed by atoms with van der Waals surface area (Å²) in [5.74, 6) is -0.800. The molecular formula is C28H22F3N7O3. The fraction of sp³-hybridized carbons (Fsp3) is 0.357. The third kappa shape index (κ3) is 4.73. The Hall–Kier alpha value is -4.91.